The molecule has 0 bridgehead atoms. The van der Waals surface area contributed by atoms with Crippen molar-refractivity contribution in [3.05, 3.63) is 162 Å². The third-order valence-corrected chi connectivity index (χ3v) is 9.72. The van der Waals surface area contributed by atoms with E-state index >= 15 is 0 Å². The first-order valence-corrected chi connectivity index (χ1v) is 15.9. The van der Waals surface area contributed by atoms with Crippen LogP contribution in [0.3, 0.4) is 0 Å². The zero-order chi connectivity index (χ0) is 29.0. The summed E-state index contributed by atoms with van der Waals surface area (Å²) in [6.45, 7) is 0. The molecule has 0 atom stereocenters. The molecule has 0 heteroatoms. The van der Waals surface area contributed by atoms with Crippen molar-refractivity contribution in [1.29, 1.82) is 0 Å². The second-order valence-electron chi connectivity index (χ2n) is 12.3. The lowest BCUT2D eigenvalue weighted by Gasteiger charge is -2.15. The summed E-state index contributed by atoms with van der Waals surface area (Å²) in [5, 5.41) is 5.38. The lowest BCUT2D eigenvalue weighted by Crippen LogP contribution is -1.91. The molecule has 3 aliphatic rings. The van der Waals surface area contributed by atoms with Crippen molar-refractivity contribution in [2.75, 3.05) is 0 Å². The highest BCUT2D eigenvalue weighted by Crippen LogP contribution is 2.48. The van der Waals surface area contributed by atoms with Crippen LogP contribution in [0.25, 0.3) is 71.6 Å². The molecule has 0 saturated carbocycles. The van der Waals surface area contributed by atoms with Gasteiger partial charge in [-0.25, -0.2) is 0 Å². The monoisotopic (exact) mass is 560 g/mol. The molecule has 44 heavy (non-hydrogen) atoms. The van der Waals surface area contributed by atoms with Crippen LogP contribution in [0.4, 0.5) is 0 Å². The average molecular weight is 561 g/mol. The zero-order valence-corrected chi connectivity index (χ0v) is 24.7. The highest BCUT2D eigenvalue weighted by molar-refractivity contribution is 6.17. The molecule has 0 nitrogen and oxygen atoms in total. The van der Waals surface area contributed by atoms with Crippen LogP contribution >= 0.6 is 0 Å². The van der Waals surface area contributed by atoms with Gasteiger partial charge in [0.05, 0.1) is 0 Å². The Labute approximate surface area is 259 Å². The fraction of sp³-hybridized carbons (Fsp3) is 0.0909. The summed E-state index contributed by atoms with van der Waals surface area (Å²) in [5.74, 6) is 0. The van der Waals surface area contributed by atoms with Crippen molar-refractivity contribution in [2.24, 2.45) is 0 Å². The van der Waals surface area contributed by atoms with Crippen LogP contribution < -0.4 is 0 Å². The second kappa shape index (κ2) is 10.2. The fourth-order valence-corrected chi connectivity index (χ4v) is 7.59. The Morgan fingerprint density at radius 2 is 1.18 bits per heavy atom. The van der Waals surface area contributed by atoms with E-state index in [-0.39, 0.29) is 0 Å². The normalized spacial score (nSPS) is 15.2. The van der Waals surface area contributed by atoms with Gasteiger partial charge < -0.3 is 0 Å². The van der Waals surface area contributed by atoms with Gasteiger partial charge in [0.15, 0.2) is 0 Å². The Bertz CT molecular complexity index is 2250. The van der Waals surface area contributed by atoms with Gasteiger partial charge in [-0.15, -0.1) is 0 Å². The van der Waals surface area contributed by atoms with Crippen LogP contribution in [0.15, 0.2) is 146 Å². The predicted octanol–water partition coefficient (Wildman–Crippen LogP) is 12.3. The molecule has 0 heterocycles. The smallest absolute Gasteiger partial charge is 0.00293 e. The molecule has 0 spiro atoms. The average Bonchev–Trinajstić information content (AvgIpc) is 3.43. The van der Waals surface area contributed by atoms with Gasteiger partial charge in [0.25, 0.3) is 0 Å². The number of allylic oxidation sites excluding steroid dienone is 8. The molecule has 208 valence electrons. The first kappa shape index (κ1) is 25.3. The van der Waals surface area contributed by atoms with Crippen LogP contribution in [0.5, 0.6) is 0 Å². The number of hydrogen-bond donors (Lipinski definition) is 0. The van der Waals surface area contributed by atoms with Crippen molar-refractivity contribution < 1.29 is 0 Å². The number of benzene rings is 6. The molecule has 0 amide bonds. The van der Waals surface area contributed by atoms with E-state index in [1.54, 1.807) is 0 Å². The van der Waals surface area contributed by atoms with Crippen LogP contribution in [0.1, 0.15) is 42.4 Å². The first-order chi connectivity index (χ1) is 21.8. The Hall–Kier alpha value is -5.20. The quantitative estimate of drug-likeness (QED) is 0.201. The van der Waals surface area contributed by atoms with Gasteiger partial charge >= 0.3 is 0 Å². The largest absolute Gasteiger partial charge is 0.0836 e. The summed E-state index contributed by atoms with van der Waals surface area (Å²) in [5.41, 5.74) is 16.0. The molecule has 0 fully saturated rings. The van der Waals surface area contributed by atoms with Crippen molar-refractivity contribution in [3.63, 3.8) is 0 Å². The first-order valence-electron chi connectivity index (χ1n) is 15.9. The Morgan fingerprint density at radius 1 is 0.432 bits per heavy atom. The topological polar surface area (TPSA) is 0 Å². The highest BCUT2D eigenvalue weighted by atomic mass is 14.3. The van der Waals surface area contributed by atoms with Crippen LogP contribution in [0.2, 0.25) is 0 Å². The second-order valence-corrected chi connectivity index (χ2v) is 12.3. The van der Waals surface area contributed by atoms with Crippen molar-refractivity contribution in [3.8, 4) is 33.4 Å². The van der Waals surface area contributed by atoms with Crippen LogP contribution in [-0.2, 0) is 0 Å². The summed E-state index contributed by atoms with van der Waals surface area (Å²) < 4.78 is 0. The van der Waals surface area contributed by atoms with Crippen molar-refractivity contribution in [2.45, 2.75) is 25.7 Å². The third-order valence-electron chi connectivity index (χ3n) is 9.72. The van der Waals surface area contributed by atoms with Gasteiger partial charge in [-0.1, -0.05) is 127 Å². The summed E-state index contributed by atoms with van der Waals surface area (Å²) in [6.07, 6.45) is 16.1. The minimum Gasteiger partial charge on any atom is -0.0836 e. The van der Waals surface area contributed by atoms with Gasteiger partial charge in [0.1, 0.15) is 0 Å². The third kappa shape index (κ3) is 4.06. The van der Waals surface area contributed by atoms with E-state index in [9.17, 15) is 0 Å². The van der Waals surface area contributed by atoms with Crippen molar-refractivity contribution >= 4 is 38.3 Å². The molecule has 0 N–H and O–H groups in total. The number of hydrogen-bond acceptors (Lipinski definition) is 0. The fourth-order valence-electron chi connectivity index (χ4n) is 7.59. The molecule has 0 saturated heterocycles. The standard InChI is InChI=1S/C44H32/c1-2-10-31(11-3-1)36-24-25-37(39-16-5-4-15-38(36)39)33-13-8-12-32(26-33)29-20-22-30(23-21-29)35-27-34-14-9-19-42-40-17-6-7-18-41(40)43(28-35)44(34)42/h2,4-5,7-16,18-28H,1,3,6,17H2. The molecule has 0 aromatic heterocycles. The molecule has 6 aromatic carbocycles. The molecule has 6 aromatic rings. The van der Waals surface area contributed by atoms with E-state index < -0.39 is 0 Å². The van der Waals surface area contributed by atoms with Gasteiger partial charge in [0, 0.05) is 0 Å². The SMILES string of the molecule is C1=CC(c2ccc(-c3cccc(-c4ccc(-c5cc6c7c(cccc7c5)C5=C6C=CCC5)cc4)c3)c3ccccc23)=CCC1. The van der Waals surface area contributed by atoms with E-state index in [1.807, 2.05) is 0 Å². The van der Waals surface area contributed by atoms with E-state index in [0.29, 0.717) is 0 Å². The van der Waals surface area contributed by atoms with Gasteiger partial charge in [-0.3, -0.25) is 0 Å². The molecular formula is C44H32. The van der Waals surface area contributed by atoms with E-state index in [1.165, 1.54) is 88.3 Å². The molecular weight excluding hydrogens is 528 g/mol. The van der Waals surface area contributed by atoms with Gasteiger partial charge in [0.2, 0.25) is 0 Å². The summed E-state index contributed by atoms with van der Waals surface area (Å²) in [6, 6.07) is 43.2. The lowest BCUT2D eigenvalue weighted by atomic mass is 9.89. The minimum atomic E-state index is 1.11. The van der Waals surface area contributed by atoms with Crippen LogP contribution in [-0.4, -0.2) is 0 Å². The maximum Gasteiger partial charge on any atom is -0.00293 e. The maximum atomic E-state index is 2.41. The summed E-state index contributed by atoms with van der Waals surface area (Å²) in [7, 11) is 0. The maximum absolute atomic E-state index is 2.41. The Kier molecular flexibility index (Phi) is 5.87. The predicted molar refractivity (Wildman–Crippen MR) is 189 cm³/mol. The minimum absolute atomic E-state index is 1.11. The molecule has 3 aliphatic carbocycles. The Morgan fingerprint density at radius 3 is 2.02 bits per heavy atom. The van der Waals surface area contributed by atoms with Gasteiger partial charge in [-0.05, 0) is 132 Å². The number of fused-ring (bicyclic) bond motifs is 3. The summed E-state index contributed by atoms with van der Waals surface area (Å²) >= 11 is 0. The Balaban J connectivity index is 1.08. The van der Waals surface area contributed by atoms with Gasteiger partial charge in [-0.2, -0.15) is 0 Å². The lowest BCUT2D eigenvalue weighted by molar-refractivity contribution is 1.04. The number of rotatable bonds is 4. The van der Waals surface area contributed by atoms with E-state index in [0.717, 1.165) is 25.7 Å². The van der Waals surface area contributed by atoms with Crippen LogP contribution in [0, 0.1) is 0 Å². The van der Waals surface area contributed by atoms with E-state index in [4.69, 9.17) is 0 Å². The zero-order valence-electron chi connectivity index (χ0n) is 24.7. The molecule has 9 rings (SSSR count). The highest BCUT2D eigenvalue weighted by Gasteiger charge is 2.24. The molecule has 0 aliphatic heterocycles. The molecule has 0 unspecified atom stereocenters. The van der Waals surface area contributed by atoms with Crippen molar-refractivity contribution in [1.82, 2.24) is 0 Å². The molecule has 0 radical (unpaired) electrons. The van der Waals surface area contributed by atoms with E-state index in [2.05, 4.69) is 146 Å². The summed E-state index contributed by atoms with van der Waals surface area (Å²) in [4.78, 5) is 0.